The minimum absolute atomic E-state index is 0.112. The van der Waals surface area contributed by atoms with Crippen molar-refractivity contribution >= 4 is 0 Å². The van der Waals surface area contributed by atoms with Crippen LogP contribution in [0, 0.1) is 0 Å². The second kappa shape index (κ2) is 17.1. The van der Waals surface area contributed by atoms with E-state index in [4.69, 9.17) is 14.2 Å². The number of aliphatic hydroxyl groups excluding tert-OH is 12. The van der Waals surface area contributed by atoms with Crippen LogP contribution in [0.1, 0.15) is 0 Å². The summed E-state index contributed by atoms with van der Waals surface area (Å²) in [6, 6.07) is 5.14. The minimum Gasteiger partial charge on any atom is -0.394 e. The number of ether oxygens (including phenoxy) is 3. The highest BCUT2D eigenvalue weighted by Crippen LogP contribution is 2.32. The van der Waals surface area contributed by atoms with Crippen LogP contribution in [0.3, 0.4) is 0 Å². The third-order valence-electron chi connectivity index (χ3n) is 10.5. The molecule has 0 radical (unpaired) electrons. The lowest BCUT2D eigenvalue weighted by Gasteiger charge is -2.39. The third-order valence-corrected chi connectivity index (χ3v) is 10.5. The fourth-order valence-electron chi connectivity index (χ4n) is 7.17. The molecule has 4 aromatic rings. The molecule has 3 saturated heterocycles. The van der Waals surface area contributed by atoms with Crippen LogP contribution < -0.4 is 0 Å². The van der Waals surface area contributed by atoms with Crippen molar-refractivity contribution in [3.63, 3.8) is 0 Å². The van der Waals surface area contributed by atoms with Gasteiger partial charge in [-0.15, -0.1) is 15.3 Å². The standard InChI is InChI=1S/C33H45N9O15/c43-10-22-28(49)31(52)25(46)19(55-22)7-40-4-16(34-37-40)13-1-14(17-5-41(38-35-17)8-20-26(47)32(53)29(50)23(11-44)56-20)3-15(2-13)18-6-42(39-36-18)9-21-27(48)33(54)30(51)24(12-45)57-21/h1-6,19-33,43-54H,7-12H2/t19-,20-,21-,22+,23+,24+,25-,26-,27-,28-,29-,30-,31+,32+,33+/m0/s1. The Morgan fingerprint density at radius 3 is 0.877 bits per heavy atom. The maximum Gasteiger partial charge on any atom is 0.113 e. The van der Waals surface area contributed by atoms with Gasteiger partial charge < -0.3 is 75.5 Å². The van der Waals surface area contributed by atoms with E-state index in [2.05, 4.69) is 30.9 Å². The van der Waals surface area contributed by atoms with Crippen LogP contribution in [0.25, 0.3) is 33.8 Å². The van der Waals surface area contributed by atoms with Crippen LogP contribution in [-0.2, 0) is 33.8 Å². The van der Waals surface area contributed by atoms with Crippen molar-refractivity contribution in [1.82, 2.24) is 45.0 Å². The van der Waals surface area contributed by atoms with Crippen molar-refractivity contribution in [3.8, 4) is 33.8 Å². The molecular formula is C33H45N9O15. The molecule has 3 aliphatic heterocycles. The number of nitrogens with zero attached hydrogens (tertiary/aromatic N) is 9. The van der Waals surface area contributed by atoms with Crippen molar-refractivity contribution in [3.05, 3.63) is 36.8 Å². The minimum atomic E-state index is -1.58. The molecule has 3 aromatic heterocycles. The average molecular weight is 808 g/mol. The summed E-state index contributed by atoms with van der Waals surface area (Å²) in [4.78, 5) is 0. The fraction of sp³-hybridized carbons (Fsp3) is 0.636. The third kappa shape index (κ3) is 8.33. The lowest BCUT2D eigenvalue weighted by Crippen LogP contribution is -2.59. The molecule has 0 aliphatic carbocycles. The first-order valence-corrected chi connectivity index (χ1v) is 18.1. The van der Waals surface area contributed by atoms with Gasteiger partial charge in [0.15, 0.2) is 0 Å². The largest absolute Gasteiger partial charge is 0.394 e. The molecule has 0 saturated carbocycles. The number of benzene rings is 1. The normalized spacial score (nSPS) is 36.1. The zero-order valence-corrected chi connectivity index (χ0v) is 30.0. The highest BCUT2D eigenvalue weighted by molar-refractivity contribution is 5.77. The Morgan fingerprint density at radius 2 is 0.632 bits per heavy atom. The molecule has 15 atom stereocenters. The van der Waals surface area contributed by atoms with Gasteiger partial charge in [-0.05, 0) is 18.2 Å². The van der Waals surface area contributed by atoms with Crippen molar-refractivity contribution < 1.29 is 75.5 Å². The van der Waals surface area contributed by atoms with E-state index in [1.165, 1.54) is 32.6 Å². The highest BCUT2D eigenvalue weighted by atomic mass is 16.6. The van der Waals surface area contributed by atoms with Gasteiger partial charge in [0.05, 0.1) is 58.0 Å². The van der Waals surface area contributed by atoms with Gasteiger partial charge in [-0.3, -0.25) is 0 Å². The van der Waals surface area contributed by atoms with E-state index in [0.717, 1.165) is 0 Å². The molecule has 0 bridgehead atoms. The van der Waals surface area contributed by atoms with Gasteiger partial charge in [-0.1, -0.05) is 15.6 Å². The van der Waals surface area contributed by atoms with E-state index in [-0.39, 0.29) is 19.6 Å². The zero-order valence-electron chi connectivity index (χ0n) is 30.0. The second-order valence-corrected chi connectivity index (χ2v) is 14.4. The Bertz CT molecular complexity index is 1720. The van der Waals surface area contributed by atoms with Crippen molar-refractivity contribution in [2.75, 3.05) is 19.8 Å². The average Bonchev–Trinajstić information content (AvgIpc) is 4.00. The monoisotopic (exact) mass is 807 g/mol. The molecule has 312 valence electrons. The molecule has 3 fully saturated rings. The van der Waals surface area contributed by atoms with Crippen LogP contribution in [-0.4, -0.2) is 218 Å². The highest BCUT2D eigenvalue weighted by Gasteiger charge is 2.46. The molecule has 12 N–H and O–H groups in total. The van der Waals surface area contributed by atoms with Crippen molar-refractivity contribution in [2.45, 2.75) is 111 Å². The molecule has 57 heavy (non-hydrogen) atoms. The Kier molecular flexibility index (Phi) is 12.4. The summed E-state index contributed by atoms with van der Waals surface area (Å²) in [6.45, 7) is -2.13. The van der Waals surface area contributed by atoms with E-state index < -0.39 is 111 Å². The van der Waals surface area contributed by atoms with Crippen LogP contribution >= 0.6 is 0 Å². The van der Waals surface area contributed by atoms with Gasteiger partial charge in [-0.25, -0.2) is 14.0 Å². The Morgan fingerprint density at radius 1 is 0.386 bits per heavy atom. The molecule has 0 unspecified atom stereocenters. The number of rotatable bonds is 12. The van der Waals surface area contributed by atoms with Crippen LogP contribution in [0.2, 0.25) is 0 Å². The van der Waals surface area contributed by atoms with Gasteiger partial charge >= 0.3 is 0 Å². The first kappa shape index (κ1) is 41.2. The predicted molar refractivity (Wildman–Crippen MR) is 185 cm³/mol. The summed E-state index contributed by atoms with van der Waals surface area (Å²) in [5.74, 6) is 0. The zero-order chi connectivity index (χ0) is 40.7. The van der Waals surface area contributed by atoms with E-state index in [1.54, 1.807) is 18.2 Å². The number of aliphatic hydroxyl groups is 12. The summed E-state index contributed by atoms with van der Waals surface area (Å²) in [7, 11) is 0. The van der Waals surface area contributed by atoms with Gasteiger partial charge in [0.25, 0.3) is 0 Å². The molecule has 3 aliphatic rings. The first-order valence-electron chi connectivity index (χ1n) is 18.1. The van der Waals surface area contributed by atoms with E-state index >= 15 is 0 Å². The quantitative estimate of drug-likeness (QED) is 0.0633. The summed E-state index contributed by atoms with van der Waals surface area (Å²) in [5.41, 5.74) is 2.42. The van der Waals surface area contributed by atoms with Crippen LogP contribution in [0.4, 0.5) is 0 Å². The summed E-state index contributed by atoms with van der Waals surface area (Å²) in [6.07, 6.45) is -15.7. The lowest BCUT2D eigenvalue weighted by molar-refractivity contribution is -0.232. The van der Waals surface area contributed by atoms with Gasteiger partial charge in [0, 0.05) is 16.7 Å². The predicted octanol–water partition coefficient (Wildman–Crippen LogP) is -7.01. The van der Waals surface area contributed by atoms with E-state index in [1.807, 2.05) is 0 Å². The molecule has 0 spiro atoms. The van der Waals surface area contributed by atoms with Gasteiger partial charge in [0.2, 0.25) is 0 Å². The molecule has 0 amide bonds. The molecule has 24 nitrogen and oxygen atoms in total. The van der Waals surface area contributed by atoms with Crippen LogP contribution in [0.15, 0.2) is 36.8 Å². The number of hydrogen-bond acceptors (Lipinski definition) is 21. The number of hydrogen-bond donors (Lipinski definition) is 12. The Hall–Kier alpha value is -3.96. The molecular weight excluding hydrogens is 762 g/mol. The topological polar surface area (TPSA) is 363 Å². The molecule has 24 heteroatoms. The summed E-state index contributed by atoms with van der Waals surface area (Å²) >= 11 is 0. The summed E-state index contributed by atoms with van der Waals surface area (Å²) in [5, 5.41) is 147. The fourth-order valence-corrected chi connectivity index (χ4v) is 7.17. The lowest BCUT2D eigenvalue weighted by atomic mass is 9.95. The van der Waals surface area contributed by atoms with E-state index in [0.29, 0.717) is 33.8 Å². The smallest absolute Gasteiger partial charge is 0.113 e. The Balaban J connectivity index is 1.17. The van der Waals surface area contributed by atoms with Crippen molar-refractivity contribution in [2.24, 2.45) is 0 Å². The molecule has 7 rings (SSSR count). The maximum atomic E-state index is 10.6. The second-order valence-electron chi connectivity index (χ2n) is 14.4. The Labute approximate surface area is 322 Å². The SMILES string of the molecule is OC[C@H]1O[C@@H](Cn2cc(-c3cc(-c4cn(C[C@@H]5O[C@H](CO)[C@H](O)[C@H](O)[C@H]5O)nn4)cc(-c4cn(C[C@@H]5O[C@H](CO)[C@H](O)[C@H](O)[C@H]5O)nn4)c3)nn2)[C@H](O)[C@@H](O)[C@H]1O. The molecule has 1 aromatic carbocycles. The van der Waals surface area contributed by atoms with Gasteiger partial charge in [0.1, 0.15) is 109 Å². The maximum absolute atomic E-state index is 10.6. The first-order chi connectivity index (χ1) is 27.3. The molecule has 6 heterocycles. The number of aromatic nitrogens is 9. The van der Waals surface area contributed by atoms with Crippen molar-refractivity contribution in [1.29, 1.82) is 0 Å². The van der Waals surface area contributed by atoms with Gasteiger partial charge in [-0.2, -0.15) is 0 Å². The van der Waals surface area contributed by atoms with E-state index in [9.17, 15) is 61.3 Å². The summed E-state index contributed by atoms with van der Waals surface area (Å²) < 4.78 is 20.9. The van der Waals surface area contributed by atoms with Crippen LogP contribution in [0.5, 0.6) is 0 Å².